The number of pyridine rings is 1. The molecule has 0 bridgehead atoms. The molecule has 1 aliphatic rings. The van der Waals surface area contributed by atoms with E-state index >= 15 is 0 Å². The zero-order valence-electron chi connectivity index (χ0n) is 13.7. The van der Waals surface area contributed by atoms with Gasteiger partial charge in [-0.05, 0) is 30.4 Å². The van der Waals surface area contributed by atoms with Gasteiger partial charge in [0.25, 0.3) is 5.91 Å². The number of nitrogens with zero attached hydrogens (tertiary/aromatic N) is 2. The lowest BCUT2D eigenvalue weighted by Gasteiger charge is -2.15. The monoisotopic (exact) mass is 327 g/mol. The number of nitrogens with one attached hydrogen (secondary N) is 1. The van der Waals surface area contributed by atoms with E-state index in [0.29, 0.717) is 31.1 Å². The number of methoxy groups -OCH3 is 1. The summed E-state index contributed by atoms with van der Waals surface area (Å²) >= 11 is 0. The Kier molecular flexibility index (Phi) is 4.93. The third-order valence-electron chi connectivity index (χ3n) is 4.19. The van der Waals surface area contributed by atoms with Crippen molar-refractivity contribution in [3.05, 3.63) is 36.0 Å². The second-order valence-electron chi connectivity index (χ2n) is 5.83. The molecule has 126 valence electrons. The number of hydrogen-bond acceptors (Lipinski definition) is 4. The van der Waals surface area contributed by atoms with Crippen LogP contribution in [0.4, 0.5) is 0 Å². The number of fused-ring (bicyclic) bond motifs is 1. The van der Waals surface area contributed by atoms with Gasteiger partial charge in [0.05, 0.1) is 7.11 Å². The molecule has 1 aromatic carbocycles. The third-order valence-corrected chi connectivity index (χ3v) is 4.19. The predicted molar refractivity (Wildman–Crippen MR) is 91.1 cm³/mol. The Morgan fingerprint density at radius 3 is 2.96 bits per heavy atom. The molecule has 1 aromatic heterocycles. The summed E-state index contributed by atoms with van der Waals surface area (Å²) in [4.78, 5) is 30.0. The number of aromatic nitrogens is 1. The minimum absolute atomic E-state index is 0.210. The lowest BCUT2D eigenvalue weighted by molar-refractivity contribution is -0.127. The summed E-state index contributed by atoms with van der Waals surface area (Å²) in [5.41, 5.74) is 0.336. The van der Waals surface area contributed by atoms with E-state index in [2.05, 4.69) is 10.3 Å². The van der Waals surface area contributed by atoms with Crippen LogP contribution >= 0.6 is 0 Å². The van der Waals surface area contributed by atoms with Crippen LogP contribution in [0.15, 0.2) is 30.3 Å². The fourth-order valence-electron chi connectivity index (χ4n) is 2.94. The van der Waals surface area contributed by atoms with Crippen LogP contribution in [0.25, 0.3) is 10.8 Å². The summed E-state index contributed by atoms with van der Waals surface area (Å²) in [6, 6.07) is 9.42. The van der Waals surface area contributed by atoms with Crippen LogP contribution in [0.2, 0.25) is 0 Å². The fourth-order valence-corrected chi connectivity index (χ4v) is 2.94. The van der Waals surface area contributed by atoms with Crippen LogP contribution in [-0.2, 0) is 4.79 Å². The van der Waals surface area contributed by atoms with Crippen molar-refractivity contribution >= 4 is 22.6 Å². The molecular formula is C18H21N3O3. The molecule has 6 nitrogen and oxygen atoms in total. The van der Waals surface area contributed by atoms with E-state index in [0.717, 1.165) is 30.2 Å². The summed E-state index contributed by atoms with van der Waals surface area (Å²) in [5.74, 6) is 0.426. The van der Waals surface area contributed by atoms with Gasteiger partial charge in [0, 0.05) is 31.4 Å². The van der Waals surface area contributed by atoms with E-state index in [9.17, 15) is 9.59 Å². The summed E-state index contributed by atoms with van der Waals surface area (Å²) in [7, 11) is 1.55. The molecule has 0 aliphatic carbocycles. The molecular weight excluding hydrogens is 306 g/mol. The fraction of sp³-hybridized carbons (Fsp3) is 0.389. The van der Waals surface area contributed by atoms with E-state index < -0.39 is 0 Å². The maximum absolute atomic E-state index is 12.3. The van der Waals surface area contributed by atoms with E-state index in [4.69, 9.17) is 4.74 Å². The van der Waals surface area contributed by atoms with Crippen LogP contribution in [0.1, 0.15) is 29.8 Å². The van der Waals surface area contributed by atoms with Gasteiger partial charge < -0.3 is 15.0 Å². The molecule has 3 rings (SSSR count). The Balaban J connectivity index is 1.60. The minimum atomic E-state index is -0.230. The Morgan fingerprint density at radius 1 is 1.38 bits per heavy atom. The molecule has 1 fully saturated rings. The second kappa shape index (κ2) is 7.29. The first kappa shape index (κ1) is 16.2. The third kappa shape index (κ3) is 3.48. The van der Waals surface area contributed by atoms with Crippen molar-refractivity contribution in [1.82, 2.24) is 15.2 Å². The predicted octanol–water partition coefficient (Wildman–Crippen LogP) is 1.99. The van der Waals surface area contributed by atoms with Crippen LogP contribution in [0, 0.1) is 0 Å². The van der Waals surface area contributed by atoms with Crippen molar-refractivity contribution in [3.8, 4) is 5.88 Å². The van der Waals surface area contributed by atoms with Gasteiger partial charge >= 0.3 is 0 Å². The number of amides is 2. The number of rotatable bonds is 6. The molecule has 24 heavy (non-hydrogen) atoms. The lowest BCUT2D eigenvalue weighted by atomic mass is 10.1. The molecule has 1 N–H and O–H groups in total. The summed E-state index contributed by atoms with van der Waals surface area (Å²) < 4.78 is 5.29. The highest BCUT2D eigenvalue weighted by molar-refractivity contribution is 5.98. The Bertz CT molecular complexity index is 760. The molecule has 2 aromatic rings. The van der Waals surface area contributed by atoms with Gasteiger partial charge in [-0.25, -0.2) is 4.98 Å². The number of likely N-dealkylation sites (tertiary alicyclic amines) is 1. The molecule has 2 amide bonds. The average Bonchev–Trinajstić information content (AvgIpc) is 3.02. The number of hydrogen-bond donors (Lipinski definition) is 1. The normalized spacial score (nSPS) is 14.2. The standard InChI is InChI=1S/C18H21N3O3/c1-24-18-14-7-3-2-6-13(14)12-15(20-18)17(23)19-9-5-11-21-10-4-8-16(21)22/h2-3,6-7,12H,4-5,8-11H2,1H3,(H,19,23). The van der Waals surface area contributed by atoms with Gasteiger partial charge in [0.15, 0.2) is 0 Å². The van der Waals surface area contributed by atoms with Crippen molar-refractivity contribution in [3.63, 3.8) is 0 Å². The van der Waals surface area contributed by atoms with Crippen LogP contribution in [0.3, 0.4) is 0 Å². The molecule has 1 saturated heterocycles. The Labute approximate surface area is 140 Å². The molecule has 0 radical (unpaired) electrons. The maximum Gasteiger partial charge on any atom is 0.270 e. The lowest BCUT2D eigenvalue weighted by Crippen LogP contribution is -2.31. The first-order valence-electron chi connectivity index (χ1n) is 8.19. The number of carbonyl (C=O) groups excluding carboxylic acids is 2. The first-order valence-corrected chi connectivity index (χ1v) is 8.19. The van der Waals surface area contributed by atoms with Gasteiger partial charge in [-0.15, -0.1) is 0 Å². The van der Waals surface area contributed by atoms with Crippen molar-refractivity contribution in [2.24, 2.45) is 0 Å². The van der Waals surface area contributed by atoms with E-state index in [1.54, 1.807) is 13.2 Å². The first-order chi connectivity index (χ1) is 11.7. The highest BCUT2D eigenvalue weighted by Crippen LogP contribution is 2.24. The largest absolute Gasteiger partial charge is 0.481 e. The maximum atomic E-state index is 12.3. The van der Waals surface area contributed by atoms with Gasteiger partial charge in [-0.1, -0.05) is 18.2 Å². The SMILES string of the molecule is COc1nc(C(=O)NCCCN2CCCC2=O)cc2ccccc12. The highest BCUT2D eigenvalue weighted by Gasteiger charge is 2.19. The smallest absolute Gasteiger partial charge is 0.270 e. The van der Waals surface area contributed by atoms with Gasteiger partial charge in [-0.2, -0.15) is 0 Å². The zero-order chi connectivity index (χ0) is 16.9. The van der Waals surface area contributed by atoms with Gasteiger partial charge in [0.1, 0.15) is 5.69 Å². The molecule has 2 heterocycles. The Hall–Kier alpha value is -2.63. The van der Waals surface area contributed by atoms with Crippen molar-refractivity contribution in [2.45, 2.75) is 19.3 Å². The van der Waals surface area contributed by atoms with E-state index in [1.807, 2.05) is 29.2 Å². The quantitative estimate of drug-likeness (QED) is 0.824. The minimum Gasteiger partial charge on any atom is -0.481 e. The van der Waals surface area contributed by atoms with Crippen molar-refractivity contribution < 1.29 is 14.3 Å². The van der Waals surface area contributed by atoms with Gasteiger partial charge in [0.2, 0.25) is 11.8 Å². The number of carbonyl (C=O) groups is 2. The summed E-state index contributed by atoms with van der Waals surface area (Å²) in [6.07, 6.45) is 2.32. The van der Waals surface area contributed by atoms with Gasteiger partial charge in [-0.3, -0.25) is 9.59 Å². The molecule has 0 spiro atoms. The van der Waals surface area contributed by atoms with Crippen molar-refractivity contribution in [2.75, 3.05) is 26.7 Å². The average molecular weight is 327 g/mol. The topological polar surface area (TPSA) is 71.5 Å². The van der Waals surface area contributed by atoms with E-state index in [1.165, 1.54) is 0 Å². The van der Waals surface area contributed by atoms with Crippen LogP contribution in [-0.4, -0.2) is 48.4 Å². The zero-order valence-corrected chi connectivity index (χ0v) is 13.7. The van der Waals surface area contributed by atoms with E-state index in [-0.39, 0.29) is 11.8 Å². The summed E-state index contributed by atoms with van der Waals surface area (Å²) in [5, 5.41) is 4.65. The Morgan fingerprint density at radius 2 is 2.21 bits per heavy atom. The van der Waals surface area contributed by atoms with Crippen LogP contribution in [0.5, 0.6) is 5.88 Å². The summed E-state index contributed by atoms with van der Waals surface area (Å²) in [6.45, 7) is 2.03. The molecule has 6 heteroatoms. The van der Waals surface area contributed by atoms with Crippen molar-refractivity contribution in [1.29, 1.82) is 0 Å². The molecule has 1 aliphatic heterocycles. The second-order valence-corrected chi connectivity index (χ2v) is 5.83. The molecule has 0 saturated carbocycles. The highest BCUT2D eigenvalue weighted by atomic mass is 16.5. The number of benzene rings is 1. The molecule has 0 unspecified atom stereocenters. The molecule has 0 atom stereocenters. The van der Waals surface area contributed by atoms with Crippen LogP contribution < -0.4 is 10.1 Å². The number of ether oxygens (including phenoxy) is 1.